The summed E-state index contributed by atoms with van der Waals surface area (Å²) < 4.78 is 5.03. The Morgan fingerprint density at radius 3 is 2.43 bits per heavy atom. The molecule has 1 rings (SSSR count). The van der Waals surface area contributed by atoms with E-state index in [0.29, 0.717) is 5.41 Å². The largest absolute Gasteiger partial charge is 0.232 e. The fourth-order valence-electron chi connectivity index (χ4n) is 0.665. The van der Waals surface area contributed by atoms with Crippen LogP contribution in [0.25, 0.3) is 0 Å². The maximum absolute atomic E-state index is 5.03. The lowest BCUT2D eigenvalue weighted by atomic mass is 9.94. The van der Waals surface area contributed by atoms with Gasteiger partial charge in [-0.3, -0.25) is 0 Å². The maximum atomic E-state index is 5.03. The Kier molecular flexibility index (Phi) is 1.00. The zero-order chi connectivity index (χ0) is 5.33. The number of ether oxygens (including phenoxy) is 1. The summed E-state index contributed by atoms with van der Waals surface area (Å²) in [5.41, 5.74) is 0.347. The molecular weight excluding hydrogens is 88.1 g/mol. The predicted molar refractivity (Wildman–Crippen MR) is 28.6 cm³/mol. The van der Waals surface area contributed by atoms with Crippen LogP contribution in [-0.4, -0.2) is 6.61 Å². The molecule has 40 valence electrons. The minimum absolute atomic E-state index is 0.347. The molecule has 0 atom stereocenters. The van der Waals surface area contributed by atoms with E-state index < -0.39 is 0 Å². The summed E-state index contributed by atoms with van der Waals surface area (Å²) >= 11 is 0. The fourth-order valence-corrected chi connectivity index (χ4v) is 0.665. The van der Waals surface area contributed by atoms with Crippen LogP contribution in [-0.2, 0) is 4.74 Å². The average molecular weight is 99.2 g/mol. The summed E-state index contributed by atoms with van der Waals surface area (Å²) in [6.45, 7) is 7.19. The lowest BCUT2D eigenvalue weighted by Crippen LogP contribution is -2.03. The van der Waals surface area contributed by atoms with E-state index in [1.165, 1.54) is 6.42 Å². The molecule has 0 spiro atoms. The van der Waals surface area contributed by atoms with E-state index in [9.17, 15) is 0 Å². The number of rotatable bonds is 0. The molecule has 1 nitrogen and oxygen atoms in total. The van der Waals surface area contributed by atoms with Gasteiger partial charge in [0.15, 0.2) is 0 Å². The summed E-state index contributed by atoms with van der Waals surface area (Å²) in [6.07, 6.45) is 1.17. The summed E-state index contributed by atoms with van der Waals surface area (Å²) in [5.74, 6) is 0. The highest BCUT2D eigenvalue weighted by atomic mass is 16.5. The van der Waals surface area contributed by atoms with Crippen LogP contribution in [0.1, 0.15) is 20.3 Å². The monoisotopic (exact) mass is 99.1 g/mol. The third-order valence-electron chi connectivity index (χ3n) is 1.27. The van der Waals surface area contributed by atoms with Crippen molar-refractivity contribution in [2.75, 3.05) is 6.61 Å². The van der Waals surface area contributed by atoms with E-state index in [4.69, 9.17) is 4.74 Å². The second-order valence-electron chi connectivity index (χ2n) is 2.73. The summed E-state index contributed by atoms with van der Waals surface area (Å²) in [4.78, 5) is 0. The van der Waals surface area contributed by atoms with Crippen molar-refractivity contribution in [1.82, 2.24) is 0 Å². The molecule has 0 aromatic carbocycles. The van der Waals surface area contributed by atoms with Gasteiger partial charge in [-0.1, -0.05) is 0 Å². The molecule has 0 amide bonds. The maximum Gasteiger partial charge on any atom is 0.232 e. The normalized spacial score (nSPS) is 27.1. The standard InChI is InChI=1S/C6H11O/c1-6(2)3-4-7-5-6/h5H,3-4H2,1-2H3/q+1. The molecule has 7 heavy (non-hydrogen) atoms. The smallest absolute Gasteiger partial charge is 0.196 e. The first-order valence-corrected chi connectivity index (χ1v) is 2.67. The molecular formula is C6H11O+. The molecule has 1 heterocycles. The third kappa shape index (κ3) is 1.10. The minimum Gasteiger partial charge on any atom is -0.196 e. The molecule has 0 N–H and O–H groups in total. The van der Waals surface area contributed by atoms with E-state index in [0.717, 1.165) is 6.61 Å². The zero-order valence-electron chi connectivity index (χ0n) is 4.90. The average Bonchev–Trinajstić information content (AvgIpc) is 1.84. The van der Waals surface area contributed by atoms with Crippen molar-refractivity contribution >= 4 is 0 Å². The van der Waals surface area contributed by atoms with Gasteiger partial charge in [0.05, 0.1) is 0 Å². The van der Waals surface area contributed by atoms with Crippen LogP contribution < -0.4 is 0 Å². The predicted octanol–water partition coefficient (Wildman–Crippen LogP) is 1.59. The first-order chi connectivity index (χ1) is 3.21. The van der Waals surface area contributed by atoms with E-state index >= 15 is 0 Å². The topological polar surface area (TPSA) is 9.23 Å². The SMILES string of the molecule is CC1(C)[CH+]OCC1. The van der Waals surface area contributed by atoms with Gasteiger partial charge in [0.25, 0.3) is 0 Å². The summed E-state index contributed by atoms with van der Waals surface area (Å²) in [7, 11) is 0. The van der Waals surface area contributed by atoms with Gasteiger partial charge >= 0.3 is 0 Å². The van der Waals surface area contributed by atoms with Gasteiger partial charge < -0.3 is 0 Å². The van der Waals surface area contributed by atoms with Crippen LogP contribution >= 0.6 is 0 Å². The summed E-state index contributed by atoms with van der Waals surface area (Å²) in [6, 6.07) is 0. The lowest BCUT2D eigenvalue weighted by Gasteiger charge is -1.99. The highest BCUT2D eigenvalue weighted by Crippen LogP contribution is 2.29. The van der Waals surface area contributed by atoms with E-state index in [1.54, 1.807) is 0 Å². The first kappa shape index (κ1) is 4.98. The molecule has 1 fully saturated rings. The molecule has 0 aliphatic carbocycles. The summed E-state index contributed by atoms with van der Waals surface area (Å²) in [5, 5.41) is 0. The Morgan fingerprint density at radius 1 is 1.57 bits per heavy atom. The Labute approximate surface area is 44.7 Å². The van der Waals surface area contributed by atoms with Gasteiger partial charge in [-0.15, -0.1) is 0 Å². The Hall–Kier alpha value is -0.170. The lowest BCUT2D eigenvalue weighted by molar-refractivity contribution is 0.238. The molecule has 0 aromatic heterocycles. The van der Waals surface area contributed by atoms with Crippen molar-refractivity contribution < 1.29 is 4.74 Å². The zero-order valence-corrected chi connectivity index (χ0v) is 4.90. The highest BCUT2D eigenvalue weighted by Gasteiger charge is 2.34. The minimum atomic E-state index is 0.347. The molecule has 1 heteroatoms. The molecule has 0 saturated carbocycles. The highest BCUT2D eigenvalue weighted by molar-refractivity contribution is 4.82. The number of hydrogen-bond donors (Lipinski definition) is 0. The van der Waals surface area contributed by atoms with Crippen LogP contribution in [0.15, 0.2) is 0 Å². The second kappa shape index (κ2) is 1.41. The fraction of sp³-hybridized carbons (Fsp3) is 0.833. The van der Waals surface area contributed by atoms with Gasteiger partial charge in [-0.25, -0.2) is 0 Å². The van der Waals surface area contributed by atoms with Crippen LogP contribution in [0.5, 0.6) is 0 Å². The third-order valence-corrected chi connectivity index (χ3v) is 1.27. The van der Waals surface area contributed by atoms with Crippen molar-refractivity contribution in [3.8, 4) is 0 Å². The van der Waals surface area contributed by atoms with E-state index in [1.807, 2.05) is 6.61 Å². The Balaban J connectivity index is 2.40. The van der Waals surface area contributed by atoms with Gasteiger partial charge in [0.2, 0.25) is 6.61 Å². The molecule has 0 bridgehead atoms. The van der Waals surface area contributed by atoms with Crippen LogP contribution in [0, 0.1) is 12.0 Å². The van der Waals surface area contributed by atoms with Gasteiger partial charge in [0, 0.05) is 6.42 Å². The Bertz CT molecular complexity index is 58.6. The van der Waals surface area contributed by atoms with Gasteiger partial charge in [0.1, 0.15) is 12.0 Å². The van der Waals surface area contributed by atoms with Gasteiger partial charge in [-0.2, -0.15) is 4.74 Å². The molecule has 1 saturated heterocycles. The van der Waals surface area contributed by atoms with E-state index in [2.05, 4.69) is 13.8 Å². The van der Waals surface area contributed by atoms with Crippen LogP contribution in [0.3, 0.4) is 0 Å². The molecule has 0 radical (unpaired) electrons. The van der Waals surface area contributed by atoms with Crippen molar-refractivity contribution in [2.24, 2.45) is 5.41 Å². The second-order valence-corrected chi connectivity index (χ2v) is 2.73. The van der Waals surface area contributed by atoms with Crippen LogP contribution in [0.2, 0.25) is 0 Å². The van der Waals surface area contributed by atoms with Crippen LogP contribution in [0.4, 0.5) is 0 Å². The molecule has 0 unspecified atom stereocenters. The first-order valence-electron chi connectivity index (χ1n) is 2.67. The molecule has 0 aromatic rings. The van der Waals surface area contributed by atoms with Gasteiger partial charge in [-0.05, 0) is 13.8 Å². The van der Waals surface area contributed by atoms with E-state index in [-0.39, 0.29) is 0 Å². The molecule has 1 aliphatic heterocycles. The number of hydrogen-bond acceptors (Lipinski definition) is 1. The van der Waals surface area contributed by atoms with Crippen molar-refractivity contribution in [3.63, 3.8) is 0 Å². The molecule has 1 aliphatic rings. The Morgan fingerprint density at radius 2 is 2.29 bits per heavy atom. The van der Waals surface area contributed by atoms with Crippen molar-refractivity contribution in [2.45, 2.75) is 20.3 Å². The van der Waals surface area contributed by atoms with Crippen molar-refractivity contribution in [3.05, 3.63) is 6.61 Å². The van der Waals surface area contributed by atoms with Crippen molar-refractivity contribution in [1.29, 1.82) is 0 Å². The quantitative estimate of drug-likeness (QED) is 0.419.